The Morgan fingerprint density at radius 1 is 1.44 bits per heavy atom. The summed E-state index contributed by atoms with van der Waals surface area (Å²) in [5.74, 6) is 0.654. The highest BCUT2D eigenvalue weighted by atomic mass is 32.1. The normalized spacial score (nSPS) is 11.2. The molecule has 0 amide bonds. The van der Waals surface area contributed by atoms with E-state index >= 15 is 0 Å². The van der Waals surface area contributed by atoms with Gasteiger partial charge >= 0.3 is 0 Å². The first-order chi connectivity index (χ1) is 7.75. The SMILES string of the molecule is CC(C)CNCc1nnc(-c2cn[nH]c2)s1. The van der Waals surface area contributed by atoms with E-state index in [4.69, 9.17) is 0 Å². The molecule has 2 aromatic rings. The van der Waals surface area contributed by atoms with Crippen molar-refractivity contribution in [3.05, 3.63) is 17.4 Å². The summed E-state index contributed by atoms with van der Waals surface area (Å²) >= 11 is 1.60. The van der Waals surface area contributed by atoms with Crippen LogP contribution in [0.3, 0.4) is 0 Å². The molecule has 0 fully saturated rings. The van der Waals surface area contributed by atoms with E-state index < -0.39 is 0 Å². The second-order valence-corrected chi connectivity index (χ2v) is 5.07. The molecule has 0 bridgehead atoms. The van der Waals surface area contributed by atoms with Gasteiger partial charge in [-0.15, -0.1) is 10.2 Å². The zero-order valence-electron chi connectivity index (χ0n) is 9.40. The van der Waals surface area contributed by atoms with Gasteiger partial charge in [0.2, 0.25) is 0 Å². The molecule has 2 aromatic heterocycles. The summed E-state index contributed by atoms with van der Waals surface area (Å²) in [5, 5.41) is 20.2. The molecule has 0 saturated carbocycles. The number of hydrogen-bond acceptors (Lipinski definition) is 5. The maximum absolute atomic E-state index is 4.13. The van der Waals surface area contributed by atoms with Crippen LogP contribution in [-0.4, -0.2) is 26.9 Å². The minimum absolute atomic E-state index is 0.654. The Labute approximate surface area is 98.3 Å². The smallest absolute Gasteiger partial charge is 0.151 e. The third-order valence-corrected chi connectivity index (χ3v) is 3.01. The molecule has 2 heterocycles. The van der Waals surface area contributed by atoms with Crippen molar-refractivity contribution in [3.63, 3.8) is 0 Å². The van der Waals surface area contributed by atoms with Crippen molar-refractivity contribution in [1.82, 2.24) is 25.7 Å². The standard InChI is InChI=1S/C10H15N5S/c1-7(2)3-11-6-9-14-15-10(16-9)8-4-12-13-5-8/h4-5,7,11H,3,6H2,1-2H3,(H,12,13). The average molecular weight is 237 g/mol. The molecule has 0 aliphatic rings. The molecule has 86 valence electrons. The molecular weight excluding hydrogens is 222 g/mol. The Kier molecular flexibility index (Phi) is 3.63. The highest BCUT2D eigenvalue weighted by Gasteiger charge is 2.07. The Hall–Kier alpha value is -1.27. The van der Waals surface area contributed by atoms with Crippen LogP contribution in [0.4, 0.5) is 0 Å². The quantitative estimate of drug-likeness (QED) is 0.830. The molecule has 0 saturated heterocycles. The van der Waals surface area contributed by atoms with Crippen molar-refractivity contribution in [1.29, 1.82) is 0 Å². The van der Waals surface area contributed by atoms with Crippen molar-refractivity contribution >= 4 is 11.3 Å². The van der Waals surface area contributed by atoms with Gasteiger partial charge in [-0.2, -0.15) is 5.10 Å². The van der Waals surface area contributed by atoms with Crippen molar-refractivity contribution in [2.45, 2.75) is 20.4 Å². The highest BCUT2D eigenvalue weighted by Crippen LogP contribution is 2.21. The predicted octanol–water partition coefficient (Wildman–Crippen LogP) is 1.67. The van der Waals surface area contributed by atoms with E-state index in [-0.39, 0.29) is 0 Å². The average Bonchev–Trinajstić information content (AvgIpc) is 2.85. The van der Waals surface area contributed by atoms with Gasteiger partial charge in [-0.1, -0.05) is 25.2 Å². The summed E-state index contributed by atoms with van der Waals surface area (Å²) in [4.78, 5) is 0. The fourth-order valence-corrected chi connectivity index (χ4v) is 2.07. The van der Waals surface area contributed by atoms with E-state index in [2.05, 4.69) is 39.6 Å². The summed E-state index contributed by atoms with van der Waals surface area (Å²) in [6.07, 6.45) is 3.58. The van der Waals surface area contributed by atoms with Gasteiger partial charge in [0.05, 0.1) is 11.8 Å². The lowest BCUT2D eigenvalue weighted by molar-refractivity contribution is 0.550. The van der Waals surface area contributed by atoms with Crippen molar-refractivity contribution in [2.75, 3.05) is 6.54 Å². The van der Waals surface area contributed by atoms with Crippen LogP contribution in [0.5, 0.6) is 0 Å². The lowest BCUT2D eigenvalue weighted by Crippen LogP contribution is -2.18. The molecule has 0 aliphatic heterocycles. The number of hydrogen-bond donors (Lipinski definition) is 2. The number of aromatic nitrogens is 4. The largest absolute Gasteiger partial charge is 0.310 e. The van der Waals surface area contributed by atoms with Gasteiger partial charge < -0.3 is 5.32 Å². The maximum Gasteiger partial charge on any atom is 0.151 e. The third kappa shape index (κ3) is 2.86. The van der Waals surface area contributed by atoms with Crippen LogP contribution in [-0.2, 0) is 6.54 Å². The van der Waals surface area contributed by atoms with Crippen LogP contribution < -0.4 is 5.32 Å². The molecule has 0 atom stereocenters. The summed E-state index contributed by atoms with van der Waals surface area (Å²) in [5.41, 5.74) is 0.993. The van der Waals surface area contributed by atoms with Crippen LogP contribution in [0, 0.1) is 5.92 Å². The Morgan fingerprint density at radius 2 is 2.31 bits per heavy atom. The minimum atomic E-state index is 0.654. The van der Waals surface area contributed by atoms with E-state index in [0.717, 1.165) is 28.7 Å². The summed E-state index contributed by atoms with van der Waals surface area (Å²) in [6.45, 7) is 6.16. The van der Waals surface area contributed by atoms with Gasteiger partial charge in [0, 0.05) is 12.7 Å². The Balaban J connectivity index is 1.93. The first-order valence-corrected chi connectivity index (χ1v) is 6.09. The lowest BCUT2D eigenvalue weighted by atomic mass is 10.2. The molecule has 0 radical (unpaired) electrons. The second kappa shape index (κ2) is 5.18. The van der Waals surface area contributed by atoms with Crippen LogP contribution in [0.1, 0.15) is 18.9 Å². The number of rotatable bonds is 5. The molecule has 0 aliphatic carbocycles. The van der Waals surface area contributed by atoms with E-state index in [0.29, 0.717) is 5.92 Å². The van der Waals surface area contributed by atoms with Gasteiger partial charge in [-0.25, -0.2) is 0 Å². The minimum Gasteiger partial charge on any atom is -0.310 e. The first kappa shape index (κ1) is 11.2. The summed E-state index contributed by atoms with van der Waals surface area (Å²) in [6, 6.07) is 0. The van der Waals surface area contributed by atoms with Gasteiger partial charge in [0.1, 0.15) is 5.01 Å². The molecule has 0 aromatic carbocycles. The molecule has 2 N–H and O–H groups in total. The van der Waals surface area contributed by atoms with Gasteiger partial charge in [0.15, 0.2) is 5.01 Å². The van der Waals surface area contributed by atoms with E-state index in [1.807, 2.05) is 6.20 Å². The third-order valence-electron chi connectivity index (χ3n) is 2.04. The second-order valence-electron chi connectivity index (χ2n) is 4.01. The van der Waals surface area contributed by atoms with Crippen LogP contribution in [0.25, 0.3) is 10.6 Å². The van der Waals surface area contributed by atoms with E-state index in [1.165, 1.54) is 0 Å². The number of nitrogens with one attached hydrogen (secondary N) is 2. The highest BCUT2D eigenvalue weighted by molar-refractivity contribution is 7.14. The monoisotopic (exact) mass is 237 g/mol. The number of nitrogens with zero attached hydrogens (tertiary/aromatic N) is 3. The molecule has 5 nitrogen and oxygen atoms in total. The first-order valence-electron chi connectivity index (χ1n) is 5.28. The molecule has 6 heteroatoms. The van der Waals surface area contributed by atoms with Crippen molar-refractivity contribution < 1.29 is 0 Å². The Bertz CT molecular complexity index is 420. The Morgan fingerprint density at radius 3 is 3.00 bits per heavy atom. The number of H-pyrrole nitrogens is 1. The maximum atomic E-state index is 4.13. The van der Waals surface area contributed by atoms with E-state index in [9.17, 15) is 0 Å². The van der Waals surface area contributed by atoms with Crippen molar-refractivity contribution in [3.8, 4) is 10.6 Å². The predicted molar refractivity (Wildman–Crippen MR) is 64.0 cm³/mol. The van der Waals surface area contributed by atoms with Crippen LogP contribution in [0.2, 0.25) is 0 Å². The van der Waals surface area contributed by atoms with E-state index in [1.54, 1.807) is 17.5 Å². The van der Waals surface area contributed by atoms with Crippen LogP contribution >= 0.6 is 11.3 Å². The molecule has 0 unspecified atom stereocenters. The lowest BCUT2D eigenvalue weighted by Gasteiger charge is -2.03. The number of aromatic amines is 1. The topological polar surface area (TPSA) is 66.5 Å². The molecule has 0 spiro atoms. The zero-order chi connectivity index (χ0) is 11.4. The summed E-state index contributed by atoms with van der Waals surface area (Å²) < 4.78 is 0. The van der Waals surface area contributed by atoms with Gasteiger partial charge in [-0.3, -0.25) is 5.10 Å². The van der Waals surface area contributed by atoms with Crippen LogP contribution in [0.15, 0.2) is 12.4 Å². The van der Waals surface area contributed by atoms with Gasteiger partial charge in [0.25, 0.3) is 0 Å². The zero-order valence-corrected chi connectivity index (χ0v) is 10.2. The molecule has 2 rings (SSSR count). The fraction of sp³-hybridized carbons (Fsp3) is 0.500. The molecular formula is C10H15N5S. The molecule has 16 heavy (non-hydrogen) atoms. The van der Waals surface area contributed by atoms with Gasteiger partial charge in [-0.05, 0) is 12.5 Å². The summed E-state index contributed by atoms with van der Waals surface area (Å²) in [7, 11) is 0. The van der Waals surface area contributed by atoms with Crippen molar-refractivity contribution in [2.24, 2.45) is 5.92 Å². The fourth-order valence-electron chi connectivity index (χ4n) is 1.28.